The number of hydrogen-bond donors (Lipinski definition) is 1. The molecular weight excluding hydrogens is 263 g/mol. The molecule has 0 atom stereocenters. The van der Waals surface area contributed by atoms with E-state index in [1.54, 1.807) is 12.1 Å². The predicted octanol–water partition coefficient (Wildman–Crippen LogP) is 3.63. The van der Waals surface area contributed by atoms with Gasteiger partial charge < -0.3 is 5.11 Å². The van der Waals surface area contributed by atoms with Crippen molar-refractivity contribution >= 4 is 22.5 Å². The largest absolute Gasteiger partial charge is 0.507 e. The summed E-state index contributed by atoms with van der Waals surface area (Å²) >= 11 is 1.33. The van der Waals surface area contributed by atoms with Crippen molar-refractivity contribution in [1.29, 1.82) is 0 Å². The zero-order chi connectivity index (χ0) is 13.2. The fourth-order valence-electron chi connectivity index (χ4n) is 1.80. The maximum Gasteiger partial charge on any atom is 0.192 e. The first-order valence-electron chi connectivity index (χ1n) is 5.60. The Morgan fingerprint density at radius 2 is 1.63 bits per heavy atom. The fraction of sp³-hybridized carbons (Fsp3) is 0. The molecule has 2 aromatic carbocycles. The molecule has 0 fully saturated rings. The van der Waals surface area contributed by atoms with Gasteiger partial charge in [0, 0.05) is 10.3 Å². The van der Waals surface area contributed by atoms with E-state index in [1.165, 1.54) is 11.8 Å². The van der Waals surface area contributed by atoms with Crippen molar-refractivity contribution in [1.82, 2.24) is 9.97 Å². The average molecular weight is 272 g/mol. The number of benzene rings is 2. The van der Waals surface area contributed by atoms with Gasteiger partial charge in [-0.3, -0.25) is 0 Å². The molecule has 5 heteroatoms. The number of hydrogen-bond acceptors (Lipinski definition) is 4. The van der Waals surface area contributed by atoms with Gasteiger partial charge in [-0.05, 0) is 29.3 Å². The molecule has 0 aliphatic carbocycles. The van der Waals surface area contributed by atoms with Gasteiger partial charge in [-0.15, -0.1) is 0 Å². The SMILES string of the molecule is Oc1ccc(Sc2ncc(F)cn2)c2ccccc12. The van der Waals surface area contributed by atoms with E-state index < -0.39 is 5.82 Å². The molecule has 94 valence electrons. The number of rotatable bonds is 2. The number of halogens is 1. The molecule has 0 amide bonds. The topological polar surface area (TPSA) is 46.0 Å². The summed E-state index contributed by atoms with van der Waals surface area (Å²) in [5.74, 6) is -0.222. The molecule has 0 aliphatic rings. The quantitative estimate of drug-likeness (QED) is 0.724. The summed E-state index contributed by atoms with van der Waals surface area (Å²) in [6.45, 7) is 0. The molecule has 3 rings (SSSR count). The van der Waals surface area contributed by atoms with Gasteiger partial charge in [0.05, 0.1) is 12.4 Å². The van der Waals surface area contributed by atoms with Gasteiger partial charge in [-0.2, -0.15) is 0 Å². The third-order valence-corrected chi connectivity index (χ3v) is 3.63. The van der Waals surface area contributed by atoms with Crippen LogP contribution in [0.2, 0.25) is 0 Å². The van der Waals surface area contributed by atoms with Crippen LogP contribution >= 0.6 is 11.8 Å². The van der Waals surface area contributed by atoms with Crippen LogP contribution in [0.15, 0.2) is 58.8 Å². The summed E-state index contributed by atoms with van der Waals surface area (Å²) in [4.78, 5) is 8.75. The molecule has 1 N–H and O–H groups in total. The Morgan fingerprint density at radius 1 is 0.947 bits per heavy atom. The van der Waals surface area contributed by atoms with Gasteiger partial charge >= 0.3 is 0 Å². The number of fused-ring (bicyclic) bond motifs is 1. The molecule has 0 radical (unpaired) electrons. The highest BCUT2D eigenvalue weighted by molar-refractivity contribution is 7.99. The lowest BCUT2D eigenvalue weighted by molar-refractivity contribution is 0.481. The Kier molecular flexibility index (Phi) is 3.05. The Bertz CT molecular complexity index is 731. The minimum Gasteiger partial charge on any atom is -0.507 e. The van der Waals surface area contributed by atoms with Crippen molar-refractivity contribution in [3.8, 4) is 5.75 Å². The molecule has 0 bridgehead atoms. The van der Waals surface area contributed by atoms with Crippen molar-refractivity contribution in [2.75, 3.05) is 0 Å². The second-order valence-electron chi connectivity index (χ2n) is 3.91. The van der Waals surface area contributed by atoms with E-state index >= 15 is 0 Å². The summed E-state index contributed by atoms with van der Waals surface area (Å²) in [6, 6.07) is 11.0. The van der Waals surface area contributed by atoms with E-state index in [2.05, 4.69) is 9.97 Å². The van der Waals surface area contributed by atoms with Gasteiger partial charge in [-0.25, -0.2) is 14.4 Å². The van der Waals surface area contributed by atoms with Crippen LogP contribution in [0.4, 0.5) is 4.39 Å². The van der Waals surface area contributed by atoms with Gasteiger partial charge in [0.25, 0.3) is 0 Å². The number of nitrogens with zero attached hydrogens (tertiary/aromatic N) is 2. The molecule has 0 saturated carbocycles. The molecule has 0 saturated heterocycles. The maximum absolute atomic E-state index is 12.8. The van der Waals surface area contributed by atoms with Gasteiger partial charge in [-0.1, -0.05) is 24.3 Å². The fourth-order valence-corrected chi connectivity index (χ4v) is 2.63. The van der Waals surface area contributed by atoms with Crippen molar-refractivity contribution in [2.24, 2.45) is 0 Å². The first-order valence-corrected chi connectivity index (χ1v) is 6.42. The molecular formula is C14H9FN2OS. The second kappa shape index (κ2) is 4.85. The van der Waals surface area contributed by atoms with Crippen LogP contribution in [-0.2, 0) is 0 Å². The van der Waals surface area contributed by atoms with E-state index in [9.17, 15) is 9.50 Å². The van der Waals surface area contributed by atoms with Crippen molar-refractivity contribution in [3.63, 3.8) is 0 Å². The Balaban J connectivity index is 2.06. The molecule has 19 heavy (non-hydrogen) atoms. The van der Waals surface area contributed by atoms with Crippen molar-refractivity contribution in [2.45, 2.75) is 10.1 Å². The highest BCUT2D eigenvalue weighted by atomic mass is 32.2. The van der Waals surface area contributed by atoms with Crippen LogP contribution in [0.1, 0.15) is 0 Å². The summed E-state index contributed by atoms with van der Waals surface area (Å²) in [7, 11) is 0. The van der Waals surface area contributed by atoms with E-state index in [4.69, 9.17) is 0 Å². The van der Waals surface area contributed by atoms with Gasteiger partial charge in [0.15, 0.2) is 11.0 Å². The van der Waals surface area contributed by atoms with Crippen LogP contribution in [0, 0.1) is 5.82 Å². The summed E-state index contributed by atoms with van der Waals surface area (Å²) in [6.07, 6.45) is 2.27. The van der Waals surface area contributed by atoms with Crippen LogP contribution in [-0.4, -0.2) is 15.1 Å². The monoisotopic (exact) mass is 272 g/mol. The number of phenolic OH excluding ortho intramolecular Hbond substituents is 1. The molecule has 0 spiro atoms. The standard InChI is InChI=1S/C14H9FN2OS/c15-9-7-16-14(17-8-9)19-13-6-5-12(18)10-3-1-2-4-11(10)13/h1-8,18H. The van der Waals surface area contributed by atoms with E-state index in [0.29, 0.717) is 5.16 Å². The first-order chi connectivity index (χ1) is 9.24. The molecule has 1 heterocycles. The highest BCUT2D eigenvalue weighted by Gasteiger charge is 2.07. The minimum atomic E-state index is -0.458. The van der Waals surface area contributed by atoms with Gasteiger partial charge in [0.1, 0.15) is 5.75 Å². The second-order valence-corrected chi connectivity index (χ2v) is 4.92. The molecule has 1 aromatic heterocycles. The zero-order valence-electron chi connectivity index (χ0n) is 9.75. The Morgan fingerprint density at radius 3 is 2.37 bits per heavy atom. The summed E-state index contributed by atoms with van der Waals surface area (Å²) < 4.78 is 12.8. The lowest BCUT2D eigenvalue weighted by atomic mass is 10.1. The molecule has 0 aliphatic heterocycles. The number of phenols is 1. The van der Waals surface area contributed by atoms with Crippen LogP contribution < -0.4 is 0 Å². The van der Waals surface area contributed by atoms with E-state index in [1.807, 2.05) is 24.3 Å². The van der Waals surface area contributed by atoms with Crippen LogP contribution in [0.5, 0.6) is 5.75 Å². The van der Waals surface area contributed by atoms with Crippen molar-refractivity contribution in [3.05, 3.63) is 54.6 Å². The number of aromatic nitrogens is 2. The minimum absolute atomic E-state index is 0.236. The Hall–Kier alpha value is -2.14. The Labute approximate surface area is 113 Å². The van der Waals surface area contributed by atoms with Crippen LogP contribution in [0.25, 0.3) is 10.8 Å². The third kappa shape index (κ3) is 2.37. The first kappa shape index (κ1) is 11.9. The lowest BCUT2D eigenvalue weighted by Crippen LogP contribution is -1.87. The van der Waals surface area contributed by atoms with E-state index in [-0.39, 0.29) is 5.75 Å². The number of aromatic hydroxyl groups is 1. The predicted molar refractivity (Wildman–Crippen MR) is 71.7 cm³/mol. The molecule has 0 unspecified atom stereocenters. The smallest absolute Gasteiger partial charge is 0.192 e. The van der Waals surface area contributed by atoms with Gasteiger partial charge in [0.2, 0.25) is 0 Å². The molecule has 3 nitrogen and oxygen atoms in total. The van der Waals surface area contributed by atoms with Crippen molar-refractivity contribution < 1.29 is 9.50 Å². The van der Waals surface area contributed by atoms with E-state index in [0.717, 1.165) is 28.1 Å². The summed E-state index contributed by atoms with van der Waals surface area (Å²) in [5.41, 5.74) is 0. The highest BCUT2D eigenvalue weighted by Crippen LogP contribution is 2.35. The van der Waals surface area contributed by atoms with Crippen LogP contribution in [0.3, 0.4) is 0 Å². The maximum atomic E-state index is 12.8. The lowest BCUT2D eigenvalue weighted by Gasteiger charge is -2.06. The molecule has 3 aromatic rings. The third-order valence-electron chi connectivity index (χ3n) is 2.66. The normalized spacial score (nSPS) is 10.8. The average Bonchev–Trinajstić information content (AvgIpc) is 2.45. The zero-order valence-corrected chi connectivity index (χ0v) is 10.6. The summed E-state index contributed by atoms with van der Waals surface area (Å²) in [5, 5.41) is 12.0.